The predicted octanol–water partition coefficient (Wildman–Crippen LogP) is 6.11. The number of hydrogen-bond acceptors (Lipinski definition) is 4. The van der Waals surface area contributed by atoms with Gasteiger partial charge in [0.25, 0.3) is 0 Å². The van der Waals surface area contributed by atoms with E-state index in [-0.39, 0.29) is 0 Å². The van der Waals surface area contributed by atoms with Gasteiger partial charge in [0.05, 0.1) is 0 Å². The first kappa shape index (κ1) is 25.7. The second-order valence-electron chi connectivity index (χ2n) is 11.9. The van der Waals surface area contributed by atoms with Crippen LogP contribution < -0.4 is 10.2 Å². The van der Waals surface area contributed by atoms with Crippen LogP contribution in [0.15, 0.2) is 24.3 Å². The zero-order valence-corrected chi connectivity index (χ0v) is 22.4. The molecule has 0 amide bonds. The maximum atomic E-state index is 5.54. The van der Waals surface area contributed by atoms with Gasteiger partial charge in [-0.25, -0.2) is 0 Å². The summed E-state index contributed by atoms with van der Waals surface area (Å²) in [6.45, 7) is 18.2. The number of nitrogens with zero attached hydrogens (tertiary/aromatic N) is 2. The number of anilines is 1. The van der Waals surface area contributed by atoms with Gasteiger partial charge in [0.15, 0.2) is 0 Å². The Hall–Kier alpha value is -1.36. The molecule has 2 aliphatic heterocycles. The van der Waals surface area contributed by atoms with Crippen LogP contribution in [0.25, 0.3) is 5.57 Å². The fraction of sp³-hybridized carbons (Fsp3) is 0.733. The van der Waals surface area contributed by atoms with Crippen molar-refractivity contribution in [3.8, 4) is 0 Å². The Morgan fingerprint density at radius 3 is 2.44 bits per heavy atom. The third kappa shape index (κ3) is 6.86. The lowest BCUT2D eigenvalue weighted by Gasteiger charge is -2.38. The standard InChI is InChI=1S/C30H49N3O/c1-5-6-15-32-16-18-33(19-17-32)29-12-7-24(23-31-27-13-20-34-21-14-27)22-28(29)25-8-10-26(11-9-25)30(2,3)4/h7-8,12,22,26-27,31H,5-6,9-11,13-21,23H2,1-4H3. The molecule has 1 N–H and O–H groups in total. The van der Waals surface area contributed by atoms with Gasteiger partial charge in [-0.15, -0.1) is 0 Å². The first-order valence-corrected chi connectivity index (χ1v) is 14.0. The second-order valence-corrected chi connectivity index (χ2v) is 11.9. The predicted molar refractivity (Wildman–Crippen MR) is 145 cm³/mol. The molecule has 1 aromatic rings. The summed E-state index contributed by atoms with van der Waals surface area (Å²) in [5, 5.41) is 3.80. The minimum atomic E-state index is 0.398. The summed E-state index contributed by atoms with van der Waals surface area (Å²) >= 11 is 0. The van der Waals surface area contributed by atoms with E-state index in [2.05, 4.69) is 67.1 Å². The molecule has 1 aliphatic carbocycles. The summed E-state index contributed by atoms with van der Waals surface area (Å²) in [6.07, 6.45) is 11.2. The largest absolute Gasteiger partial charge is 0.381 e. The highest BCUT2D eigenvalue weighted by Gasteiger charge is 2.28. The Labute approximate surface area is 209 Å². The zero-order chi connectivity index (χ0) is 24.0. The third-order valence-electron chi connectivity index (χ3n) is 8.40. The van der Waals surface area contributed by atoms with Crippen molar-refractivity contribution >= 4 is 11.3 Å². The summed E-state index contributed by atoms with van der Waals surface area (Å²) in [4.78, 5) is 5.31. The first-order valence-electron chi connectivity index (χ1n) is 14.0. The Balaban J connectivity index is 1.50. The number of allylic oxidation sites excluding steroid dienone is 2. The third-order valence-corrected chi connectivity index (χ3v) is 8.40. The van der Waals surface area contributed by atoms with Gasteiger partial charge in [-0.1, -0.05) is 46.3 Å². The molecular weight excluding hydrogens is 418 g/mol. The molecule has 1 aromatic carbocycles. The number of ether oxygens (including phenoxy) is 1. The SMILES string of the molecule is CCCCN1CCN(c2ccc(CNC3CCOCC3)cc2C2=CCC(C(C)(C)C)CC2)CC1. The molecule has 2 saturated heterocycles. The number of nitrogens with one attached hydrogen (secondary N) is 1. The highest BCUT2D eigenvalue weighted by molar-refractivity contribution is 5.78. The summed E-state index contributed by atoms with van der Waals surface area (Å²) < 4.78 is 5.54. The van der Waals surface area contributed by atoms with Crippen LogP contribution in [0.4, 0.5) is 5.69 Å². The van der Waals surface area contributed by atoms with Crippen LogP contribution in [-0.2, 0) is 11.3 Å². The molecule has 4 heteroatoms. The average molecular weight is 468 g/mol. The van der Waals surface area contributed by atoms with Crippen LogP contribution in [0.2, 0.25) is 0 Å². The van der Waals surface area contributed by atoms with Crippen LogP contribution in [0.1, 0.15) is 83.8 Å². The lowest BCUT2D eigenvalue weighted by Crippen LogP contribution is -2.46. The molecule has 0 spiro atoms. The molecule has 4 nitrogen and oxygen atoms in total. The van der Waals surface area contributed by atoms with E-state index in [1.165, 1.54) is 68.6 Å². The van der Waals surface area contributed by atoms with Crippen molar-refractivity contribution in [1.29, 1.82) is 0 Å². The second kappa shape index (κ2) is 12.1. The highest BCUT2D eigenvalue weighted by Crippen LogP contribution is 2.42. The van der Waals surface area contributed by atoms with E-state index in [0.717, 1.165) is 51.6 Å². The lowest BCUT2D eigenvalue weighted by molar-refractivity contribution is 0.0776. The number of piperazine rings is 1. The van der Waals surface area contributed by atoms with Crippen LogP contribution in [0.3, 0.4) is 0 Å². The van der Waals surface area contributed by atoms with Gasteiger partial charge in [-0.2, -0.15) is 0 Å². The summed E-state index contributed by atoms with van der Waals surface area (Å²) in [6, 6.07) is 7.90. The van der Waals surface area contributed by atoms with Gasteiger partial charge in [-0.3, -0.25) is 4.90 Å². The van der Waals surface area contributed by atoms with E-state index in [1.807, 2.05) is 0 Å². The Bertz CT molecular complexity index is 798. The van der Waals surface area contributed by atoms with Gasteiger partial charge in [0.2, 0.25) is 0 Å². The van der Waals surface area contributed by atoms with E-state index >= 15 is 0 Å². The van der Waals surface area contributed by atoms with Gasteiger partial charge < -0.3 is 15.0 Å². The van der Waals surface area contributed by atoms with Gasteiger partial charge >= 0.3 is 0 Å². The molecule has 2 heterocycles. The summed E-state index contributed by atoms with van der Waals surface area (Å²) in [5.74, 6) is 0.792. The van der Waals surface area contributed by atoms with Crippen LogP contribution in [0, 0.1) is 11.3 Å². The van der Waals surface area contributed by atoms with Crippen LogP contribution in [0.5, 0.6) is 0 Å². The van der Waals surface area contributed by atoms with Gasteiger partial charge in [-0.05, 0) is 79.7 Å². The topological polar surface area (TPSA) is 27.7 Å². The Morgan fingerprint density at radius 1 is 1.03 bits per heavy atom. The van der Waals surface area contributed by atoms with Crippen LogP contribution in [-0.4, -0.2) is 56.9 Å². The maximum absolute atomic E-state index is 5.54. The summed E-state index contributed by atoms with van der Waals surface area (Å²) in [5.41, 5.74) is 6.36. The Kier molecular flexibility index (Phi) is 9.12. The van der Waals surface area contributed by atoms with E-state index < -0.39 is 0 Å². The number of unbranched alkanes of at least 4 members (excludes halogenated alkanes) is 1. The molecule has 0 saturated carbocycles. The monoisotopic (exact) mass is 467 g/mol. The smallest absolute Gasteiger partial charge is 0.0480 e. The molecule has 190 valence electrons. The van der Waals surface area contributed by atoms with Crippen molar-refractivity contribution in [3.05, 3.63) is 35.4 Å². The normalized spacial score (nSPS) is 23.2. The zero-order valence-electron chi connectivity index (χ0n) is 22.4. The average Bonchev–Trinajstić information content (AvgIpc) is 2.87. The van der Waals surface area contributed by atoms with Crippen molar-refractivity contribution < 1.29 is 4.74 Å². The molecule has 2 fully saturated rings. The van der Waals surface area contributed by atoms with Crippen molar-refractivity contribution in [1.82, 2.24) is 10.2 Å². The van der Waals surface area contributed by atoms with Crippen molar-refractivity contribution in [2.24, 2.45) is 11.3 Å². The molecule has 4 rings (SSSR count). The molecule has 1 atom stereocenters. The molecular formula is C30H49N3O. The van der Waals surface area contributed by atoms with E-state index in [1.54, 1.807) is 5.57 Å². The molecule has 34 heavy (non-hydrogen) atoms. The maximum Gasteiger partial charge on any atom is 0.0480 e. The number of rotatable bonds is 8. The molecule has 3 aliphatic rings. The lowest BCUT2D eigenvalue weighted by atomic mass is 9.72. The fourth-order valence-electron chi connectivity index (χ4n) is 5.85. The van der Waals surface area contributed by atoms with Crippen LogP contribution >= 0.6 is 0 Å². The molecule has 0 bridgehead atoms. The van der Waals surface area contributed by atoms with Gasteiger partial charge in [0, 0.05) is 63.2 Å². The van der Waals surface area contributed by atoms with Crippen molar-refractivity contribution in [2.45, 2.75) is 85.2 Å². The summed E-state index contributed by atoms with van der Waals surface area (Å²) in [7, 11) is 0. The first-order chi connectivity index (χ1) is 16.4. The number of hydrogen-bond donors (Lipinski definition) is 1. The van der Waals surface area contributed by atoms with E-state index in [4.69, 9.17) is 4.74 Å². The number of benzene rings is 1. The quantitative estimate of drug-likeness (QED) is 0.499. The minimum Gasteiger partial charge on any atom is -0.381 e. The molecule has 0 aromatic heterocycles. The Morgan fingerprint density at radius 2 is 1.79 bits per heavy atom. The minimum absolute atomic E-state index is 0.398. The highest BCUT2D eigenvalue weighted by atomic mass is 16.5. The van der Waals surface area contributed by atoms with Gasteiger partial charge in [0.1, 0.15) is 0 Å². The van der Waals surface area contributed by atoms with Crippen molar-refractivity contribution in [2.75, 3.05) is 50.8 Å². The molecule has 1 unspecified atom stereocenters. The van der Waals surface area contributed by atoms with Crippen molar-refractivity contribution in [3.63, 3.8) is 0 Å². The molecule has 0 radical (unpaired) electrons. The van der Waals surface area contributed by atoms with E-state index in [0.29, 0.717) is 11.5 Å². The fourth-order valence-corrected chi connectivity index (χ4v) is 5.85. The van der Waals surface area contributed by atoms with E-state index in [9.17, 15) is 0 Å².